The molecule has 0 bridgehead atoms. The van der Waals surface area contributed by atoms with Gasteiger partial charge in [-0.2, -0.15) is 0 Å². The van der Waals surface area contributed by atoms with E-state index in [-0.39, 0.29) is 18.3 Å². The Labute approximate surface area is 184 Å². The van der Waals surface area contributed by atoms with Crippen molar-refractivity contribution in [3.8, 4) is 0 Å². The molecular formula is C27H30O4. The van der Waals surface area contributed by atoms with Crippen molar-refractivity contribution in [2.45, 2.75) is 44.6 Å². The van der Waals surface area contributed by atoms with Crippen LogP contribution in [-0.4, -0.2) is 31.5 Å². The zero-order valence-electron chi connectivity index (χ0n) is 17.8. The van der Waals surface area contributed by atoms with Crippen molar-refractivity contribution >= 4 is 0 Å². The van der Waals surface area contributed by atoms with Crippen LogP contribution >= 0.6 is 0 Å². The average molecular weight is 419 g/mol. The highest BCUT2D eigenvalue weighted by Gasteiger charge is 2.36. The van der Waals surface area contributed by atoms with Crippen LogP contribution < -0.4 is 0 Å². The third kappa shape index (κ3) is 6.74. The van der Waals surface area contributed by atoms with E-state index in [0.29, 0.717) is 33.0 Å². The molecule has 0 N–H and O–H groups in total. The van der Waals surface area contributed by atoms with Crippen LogP contribution in [0.25, 0.3) is 0 Å². The molecule has 2 unspecified atom stereocenters. The lowest BCUT2D eigenvalue weighted by molar-refractivity contribution is -0.197. The van der Waals surface area contributed by atoms with E-state index >= 15 is 0 Å². The Morgan fingerprint density at radius 3 is 1.74 bits per heavy atom. The lowest BCUT2D eigenvalue weighted by Crippen LogP contribution is -2.49. The monoisotopic (exact) mass is 418 g/mol. The summed E-state index contributed by atoms with van der Waals surface area (Å²) in [6.45, 7) is 2.76. The summed E-state index contributed by atoms with van der Waals surface area (Å²) in [6, 6.07) is 30.7. The van der Waals surface area contributed by atoms with Gasteiger partial charge in [0.1, 0.15) is 12.2 Å². The van der Waals surface area contributed by atoms with Crippen molar-refractivity contribution in [3.05, 3.63) is 108 Å². The van der Waals surface area contributed by atoms with Gasteiger partial charge in [0.25, 0.3) is 0 Å². The first-order valence-electron chi connectivity index (χ1n) is 10.9. The third-order valence-electron chi connectivity index (χ3n) is 5.45. The van der Waals surface area contributed by atoms with Gasteiger partial charge in [-0.05, 0) is 23.1 Å². The summed E-state index contributed by atoms with van der Waals surface area (Å²) in [6.07, 6.45) is 0.417. The van der Waals surface area contributed by atoms with Crippen molar-refractivity contribution in [2.24, 2.45) is 0 Å². The third-order valence-corrected chi connectivity index (χ3v) is 5.45. The Hall–Kier alpha value is -2.50. The van der Waals surface area contributed by atoms with Crippen LogP contribution in [0.5, 0.6) is 0 Å². The van der Waals surface area contributed by atoms with Gasteiger partial charge in [0.2, 0.25) is 0 Å². The molecule has 3 aromatic carbocycles. The highest BCUT2D eigenvalue weighted by atomic mass is 16.6. The van der Waals surface area contributed by atoms with Gasteiger partial charge in [-0.3, -0.25) is 0 Å². The molecule has 0 spiro atoms. The minimum Gasteiger partial charge on any atom is -0.374 e. The van der Waals surface area contributed by atoms with Gasteiger partial charge in [0.05, 0.1) is 32.5 Å². The Morgan fingerprint density at radius 1 is 0.645 bits per heavy atom. The van der Waals surface area contributed by atoms with Crippen LogP contribution in [0.2, 0.25) is 0 Å². The van der Waals surface area contributed by atoms with Crippen LogP contribution in [0.1, 0.15) is 23.1 Å². The largest absolute Gasteiger partial charge is 0.374 e. The van der Waals surface area contributed by atoms with E-state index in [9.17, 15) is 0 Å². The fourth-order valence-corrected chi connectivity index (χ4v) is 3.78. The molecule has 1 heterocycles. The number of hydrogen-bond donors (Lipinski definition) is 0. The molecule has 0 radical (unpaired) electrons. The molecule has 3 aromatic rings. The van der Waals surface area contributed by atoms with Gasteiger partial charge in [0, 0.05) is 6.61 Å². The minimum atomic E-state index is -0.187. The maximum Gasteiger partial charge on any atom is 0.113 e. The Bertz CT molecular complexity index is 870. The summed E-state index contributed by atoms with van der Waals surface area (Å²) >= 11 is 0. The van der Waals surface area contributed by atoms with Crippen molar-refractivity contribution in [1.29, 1.82) is 0 Å². The van der Waals surface area contributed by atoms with Crippen molar-refractivity contribution < 1.29 is 18.9 Å². The fraction of sp³-hybridized carbons (Fsp3) is 0.333. The molecule has 4 rings (SSSR count). The van der Waals surface area contributed by atoms with Crippen molar-refractivity contribution in [3.63, 3.8) is 0 Å². The number of rotatable bonds is 10. The van der Waals surface area contributed by atoms with Gasteiger partial charge in [0.15, 0.2) is 0 Å². The van der Waals surface area contributed by atoms with Gasteiger partial charge >= 0.3 is 0 Å². The predicted molar refractivity (Wildman–Crippen MR) is 120 cm³/mol. The van der Waals surface area contributed by atoms with E-state index in [0.717, 1.165) is 23.1 Å². The standard InChI is InChI=1S/C27H30O4/c1-4-10-22(11-5-1)18-28-21-26-27(31-20-24-14-8-3-9-15-24)25(16-17-29-26)30-19-23-12-6-2-7-13-23/h1-15,25-27H,16-21H2/t25?,26?,27-/m0/s1. The molecule has 0 saturated carbocycles. The zero-order chi connectivity index (χ0) is 21.1. The van der Waals surface area contributed by atoms with Crippen LogP contribution in [-0.2, 0) is 38.8 Å². The van der Waals surface area contributed by atoms with Gasteiger partial charge in [-0.15, -0.1) is 0 Å². The maximum absolute atomic E-state index is 6.36. The van der Waals surface area contributed by atoms with Crippen LogP contribution in [0.15, 0.2) is 91.0 Å². The fourth-order valence-electron chi connectivity index (χ4n) is 3.78. The summed E-state index contributed by atoms with van der Waals surface area (Å²) in [5.41, 5.74) is 3.45. The first-order valence-corrected chi connectivity index (χ1v) is 10.9. The molecule has 1 fully saturated rings. The SMILES string of the molecule is c1ccc(COCC2OCCC(OCc3ccccc3)[C@@H]2OCc2ccccc2)cc1. The quantitative estimate of drug-likeness (QED) is 0.456. The maximum atomic E-state index is 6.36. The molecule has 1 aliphatic rings. The normalized spacial score (nSPS) is 21.1. The summed E-state index contributed by atoms with van der Waals surface area (Å²) in [4.78, 5) is 0. The Balaban J connectivity index is 1.38. The molecule has 1 aliphatic heterocycles. The zero-order valence-corrected chi connectivity index (χ0v) is 17.8. The molecular weight excluding hydrogens is 388 g/mol. The smallest absolute Gasteiger partial charge is 0.113 e. The van der Waals surface area contributed by atoms with Gasteiger partial charge < -0.3 is 18.9 Å². The number of hydrogen-bond acceptors (Lipinski definition) is 4. The first kappa shape index (κ1) is 21.7. The molecule has 0 amide bonds. The topological polar surface area (TPSA) is 36.9 Å². The van der Waals surface area contributed by atoms with Gasteiger partial charge in [-0.1, -0.05) is 91.0 Å². The predicted octanol–water partition coefficient (Wildman–Crippen LogP) is 5.16. The lowest BCUT2D eigenvalue weighted by atomic mass is 10.0. The van der Waals surface area contributed by atoms with Crippen LogP contribution in [0.4, 0.5) is 0 Å². The summed E-state index contributed by atoms with van der Waals surface area (Å²) in [7, 11) is 0. The Kier molecular flexibility index (Phi) is 8.25. The van der Waals surface area contributed by atoms with E-state index < -0.39 is 0 Å². The van der Waals surface area contributed by atoms with E-state index in [1.54, 1.807) is 0 Å². The lowest BCUT2D eigenvalue weighted by Gasteiger charge is -2.37. The summed E-state index contributed by atoms with van der Waals surface area (Å²) in [5.74, 6) is 0. The molecule has 1 saturated heterocycles. The van der Waals surface area contributed by atoms with Crippen LogP contribution in [0.3, 0.4) is 0 Å². The number of ether oxygens (including phenoxy) is 4. The van der Waals surface area contributed by atoms with Gasteiger partial charge in [-0.25, -0.2) is 0 Å². The summed E-state index contributed by atoms with van der Waals surface area (Å²) < 4.78 is 24.7. The first-order chi connectivity index (χ1) is 15.4. The highest BCUT2D eigenvalue weighted by Crippen LogP contribution is 2.24. The molecule has 0 aliphatic carbocycles. The minimum absolute atomic E-state index is 0.0389. The average Bonchev–Trinajstić information content (AvgIpc) is 2.84. The second-order valence-corrected chi connectivity index (χ2v) is 7.79. The van der Waals surface area contributed by atoms with Crippen LogP contribution in [0, 0.1) is 0 Å². The summed E-state index contributed by atoms with van der Waals surface area (Å²) in [5, 5.41) is 0. The van der Waals surface area contributed by atoms with Crippen molar-refractivity contribution in [1.82, 2.24) is 0 Å². The highest BCUT2D eigenvalue weighted by molar-refractivity contribution is 5.15. The molecule has 4 heteroatoms. The Morgan fingerprint density at radius 2 is 1.16 bits per heavy atom. The molecule has 3 atom stereocenters. The second kappa shape index (κ2) is 11.8. The molecule has 0 aromatic heterocycles. The molecule has 4 nitrogen and oxygen atoms in total. The van der Waals surface area contributed by atoms with E-state index in [1.165, 1.54) is 0 Å². The molecule has 31 heavy (non-hydrogen) atoms. The second-order valence-electron chi connectivity index (χ2n) is 7.79. The van der Waals surface area contributed by atoms with Crippen molar-refractivity contribution in [2.75, 3.05) is 13.2 Å². The van der Waals surface area contributed by atoms with E-state index in [1.807, 2.05) is 54.6 Å². The van der Waals surface area contributed by atoms with E-state index in [2.05, 4.69) is 36.4 Å². The van der Waals surface area contributed by atoms with E-state index in [4.69, 9.17) is 18.9 Å². The molecule has 162 valence electrons. The number of benzene rings is 3.